The Kier molecular flexibility index (Phi) is 3.61. The lowest BCUT2D eigenvalue weighted by molar-refractivity contribution is -0.255. The van der Waals surface area contributed by atoms with Crippen LogP contribution in [0.2, 0.25) is 0 Å². The largest absolute Gasteiger partial charge is 0.545 e. The van der Waals surface area contributed by atoms with Crippen molar-refractivity contribution in [3.05, 3.63) is 59.2 Å². The second kappa shape index (κ2) is 5.62. The van der Waals surface area contributed by atoms with Crippen LogP contribution in [0, 0.1) is 0 Å². The lowest BCUT2D eigenvalue weighted by Crippen LogP contribution is -2.29. The summed E-state index contributed by atoms with van der Waals surface area (Å²) in [6.07, 6.45) is 0. The van der Waals surface area contributed by atoms with E-state index in [-0.39, 0.29) is 34.0 Å². The maximum Gasteiger partial charge on any atom is 0.268 e. The molecule has 7 heteroatoms. The van der Waals surface area contributed by atoms with E-state index in [2.05, 4.69) is 5.32 Å². The Morgan fingerprint density at radius 3 is 2.25 bits per heavy atom. The number of hydrogen-bond donors (Lipinski definition) is 1. The average Bonchev–Trinajstić information content (AvgIpc) is 2.79. The van der Waals surface area contributed by atoms with Crippen molar-refractivity contribution in [3.63, 3.8) is 0 Å². The van der Waals surface area contributed by atoms with E-state index < -0.39 is 17.8 Å². The van der Waals surface area contributed by atoms with E-state index in [1.165, 1.54) is 43.3 Å². The fourth-order valence-electron chi connectivity index (χ4n) is 2.56. The number of benzene rings is 2. The number of carboxylic acid groups (broad SMARTS) is 1. The van der Waals surface area contributed by atoms with Crippen molar-refractivity contribution in [2.75, 3.05) is 10.2 Å². The van der Waals surface area contributed by atoms with Gasteiger partial charge in [-0.2, -0.15) is 0 Å². The summed E-state index contributed by atoms with van der Waals surface area (Å²) < 4.78 is 0. The quantitative estimate of drug-likeness (QED) is 0.841. The number of nitrogens with zero attached hydrogens (tertiary/aromatic N) is 1. The minimum absolute atomic E-state index is 0.0608. The predicted octanol–water partition coefficient (Wildman–Crippen LogP) is 0.809. The highest BCUT2D eigenvalue weighted by molar-refractivity contribution is 6.36. The van der Waals surface area contributed by atoms with Crippen LogP contribution in [-0.4, -0.2) is 23.7 Å². The summed E-state index contributed by atoms with van der Waals surface area (Å²) in [5, 5.41) is 13.3. The van der Waals surface area contributed by atoms with Crippen LogP contribution >= 0.6 is 0 Å². The van der Waals surface area contributed by atoms with Gasteiger partial charge in [0.25, 0.3) is 11.8 Å². The molecule has 0 radical (unpaired) electrons. The number of nitrogens with one attached hydrogen (secondary N) is 1. The first-order chi connectivity index (χ1) is 11.4. The van der Waals surface area contributed by atoms with Gasteiger partial charge in [-0.25, -0.2) is 4.90 Å². The molecule has 0 bridgehead atoms. The van der Waals surface area contributed by atoms with E-state index in [4.69, 9.17) is 0 Å². The van der Waals surface area contributed by atoms with Gasteiger partial charge in [0.2, 0.25) is 5.91 Å². The molecule has 1 N–H and O–H groups in total. The number of hydrogen-bond acceptors (Lipinski definition) is 5. The highest BCUT2D eigenvalue weighted by Crippen LogP contribution is 2.32. The van der Waals surface area contributed by atoms with Crippen molar-refractivity contribution in [2.45, 2.75) is 6.92 Å². The number of carboxylic acids is 1. The molecule has 120 valence electrons. The molecule has 0 atom stereocenters. The number of anilines is 2. The van der Waals surface area contributed by atoms with E-state index in [1.54, 1.807) is 6.07 Å². The van der Waals surface area contributed by atoms with Gasteiger partial charge in [-0.3, -0.25) is 14.4 Å². The Morgan fingerprint density at radius 1 is 1.00 bits per heavy atom. The standard InChI is InChI=1S/C17H12N2O5/c1-9(20)18-13-4-2-3-12-14(13)16(22)19(15(12)21)11-7-5-10(6-8-11)17(23)24/h2-8H,1H3,(H,18,20)(H,23,24)/p-1. The molecule has 0 aliphatic carbocycles. The Morgan fingerprint density at radius 2 is 1.67 bits per heavy atom. The van der Waals surface area contributed by atoms with Gasteiger partial charge < -0.3 is 15.2 Å². The van der Waals surface area contributed by atoms with Crippen LogP contribution in [0.4, 0.5) is 11.4 Å². The molecular formula is C17H11N2O5-. The van der Waals surface area contributed by atoms with Crippen LogP contribution in [0.5, 0.6) is 0 Å². The lowest BCUT2D eigenvalue weighted by Gasteiger charge is -2.14. The van der Waals surface area contributed by atoms with Gasteiger partial charge in [-0.05, 0) is 29.8 Å². The zero-order valence-corrected chi connectivity index (χ0v) is 12.5. The zero-order chi connectivity index (χ0) is 17.4. The minimum atomic E-state index is -1.35. The highest BCUT2D eigenvalue weighted by Gasteiger charge is 2.38. The molecule has 0 spiro atoms. The van der Waals surface area contributed by atoms with Crippen molar-refractivity contribution < 1.29 is 24.3 Å². The van der Waals surface area contributed by atoms with E-state index in [1.807, 2.05) is 0 Å². The van der Waals surface area contributed by atoms with E-state index in [0.717, 1.165) is 4.90 Å². The Bertz CT molecular complexity index is 886. The summed E-state index contributed by atoms with van der Waals surface area (Å²) >= 11 is 0. The monoisotopic (exact) mass is 323 g/mol. The van der Waals surface area contributed by atoms with Crippen LogP contribution < -0.4 is 15.3 Å². The highest BCUT2D eigenvalue weighted by atomic mass is 16.4. The number of aromatic carboxylic acids is 1. The first kappa shape index (κ1) is 15.4. The average molecular weight is 323 g/mol. The molecule has 2 aromatic rings. The number of imide groups is 1. The maximum atomic E-state index is 12.7. The van der Waals surface area contributed by atoms with E-state index >= 15 is 0 Å². The van der Waals surface area contributed by atoms with Crippen LogP contribution in [0.1, 0.15) is 38.0 Å². The van der Waals surface area contributed by atoms with Crippen molar-refractivity contribution in [2.24, 2.45) is 0 Å². The summed E-state index contributed by atoms with van der Waals surface area (Å²) in [6.45, 7) is 1.30. The van der Waals surface area contributed by atoms with E-state index in [0.29, 0.717) is 0 Å². The minimum Gasteiger partial charge on any atom is -0.545 e. The SMILES string of the molecule is CC(=O)Nc1cccc2c1C(=O)N(c1ccc(C(=O)[O-])cc1)C2=O. The zero-order valence-electron chi connectivity index (χ0n) is 12.5. The second-order valence-corrected chi connectivity index (χ2v) is 5.19. The molecule has 1 heterocycles. The fourth-order valence-corrected chi connectivity index (χ4v) is 2.56. The third kappa shape index (κ3) is 2.41. The number of carbonyl (C=O) groups is 4. The Hall–Kier alpha value is -3.48. The molecule has 24 heavy (non-hydrogen) atoms. The van der Waals surface area contributed by atoms with Crippen molar-refractivity contribution in [1.82, 2.24) is 0 Å². The normalized spacial score (nSPS) is 13.0. The smallest absolute Gasteiger partial charge is 0.268 e. The predicted molar refractivity (Wildman–Crippen MR) is 82.7 cm³/mol. The Balaban J connectivity index is 2.04. The van der Waals surface area contributed by atoms with Crippen molar-refractivity contribution in [3.8, 4) is 0 Å². The molecule has 0 saturated heterocycles. The molecule has 0 aromatic heterocycles. The van der Waals surface area contributed by atoms with Gasteiger partial charge in [0.15, 0.2) is 0 Å². The molecule has 3 rings (SSSR count). The first-order valence-corrected chi connectivity index (χ1v) is 7.01. The lowest BCUT2D eigenvalue weighted by atomic mass is 10.1. The van der Waals surface area contributed by atoms with Crippen molar-refractivity contribution >= 4 is 35.1 Å². The summed E-state index contributed by atoms with van der Waals surface area (Å²) in [7, 11) is 0. The topological polar surface area (TPSA) is 107 Å². The summed E-state index contributed by atoms with van der Waals surface area (Å²) in [6, 6.07) is 9.81. The number of rotatable bonds is 3. The molecule has 2 aromatic carbocycles. The van der Waals surface area contributed by atoms with Crippen LogP contribution in [-0.2, 0) is 4.79 Å². The third-order valence-electron chi connectivity index (χ3n) is 3.59. The third-order valence-corrected chi connectivity index (χ3v) is 3.59. The van der Waals surface area contributed by atoms with Gasteiger partial charge >= 0.3 is 0 Å². The molecular weight excluding hydrogens is 312 g/mol. The number of amides is 3. The Labute approximate surface area is 136 Å². The molecule has 0 unspecified atom stereocenters. The van der Waals surface area contributed by atoms with E-state index in [9.17, 15) is 24.3 Å². The maximum absolute atomic E-state index is 12.7. The van der Waals surface area contributed by atoms with Crippen molar-refractivity contribution in [1.29, 1.82) is 0 Å². The number of carbonyl (C=O) groups excluding carboxylic acids is 4. The fraction of sp³-hybridized carbons (Fsp3) is 0.0588. The van der Waals surface area contributed by atoms with Gasteiger partial charge in [0, 0.05) is 6.92 Å². The molecule has 0 fully saturated rings. The summed E-state index contributed by atoms with van der Waals surface area (Å²) in [4.78, 5) is 48.2. The van der Waals surface area contributed by atoms with Gasteiger partial charge in [0.05, 0.1) is 28.5 Å². The summed E-state index contributed by atoms with van der Waals surface area (Å²) in [5.41, 5.74) is 0.721. The van der Waals surface area contributed by atoms with Gasteiger partial charge in [-0.15, -0.1) is 0 Å². The molecule has 1 aliphatic rings. The molecule has 0 saturated carbocycles. The molecule has 7 nitrogen and oxygen atoms in total. The number of fused-ring (bicyclic) bond motifs is 1. The molecule has 3 amide bonds. The molecule has 1 aliphatic heterocycles. The van der Waals surface area contributed by atoms with Gasteiger partial charge in [-0.1, -0.05) is 18.2 Å². The van der Waals surface area contributed by atoms with Gasteiger partial charge in [0.1, 0.15) is 0 Å². The van der Waals surface area contributed by atoms with Crippen LogP contribution in [0.15, 0.2) is 42.5 Å². The first-order valence-electron chi connectivity index (χ1n) is 7.01. The second-order valence-electron chi connectivity index (χ2n) is 5.19. The van der Waals surface area contributed by atoms with Crippen LogP contribution in [0.3, 0.4) is 0 Å². The summed E-state index contributed by atoms with van der Waals surface area (Å²) in [5.74, 6) is -2.83. The van der Waals surface area contributed by atoms with Crippen LogP contribution in [0.25, 0.3) is 0 Å².